The van der Waals surface area contributed by atoms with E-state index in [1.165, 1.54) is 16.9 Å². The Kier molecular flexibility index (Phi) is 3.47. The van der Waals surface area contributed by atoms with Gasteiger partial charge < -0.3 is 10.3 Å². The Balaban J connectivity index is 1.77. The van der Waals surface area contributed by atoms with Crippen molar-refractivity contribution in [1.82, 2.24) is 15.0 Å². The molecule has 5 nitrogen and oxygen atoms in total. The summed E-state index contributed by atoms with van der Waals surface area (Å²) < 4.78 is 0. The largest absolute Gasteiger partial charge is 0.369 e. The minimum absolute atomic E-state index is 0.0110. The molecule has 1 aromatic carbocycles. The van der Waals surface area contributed by atoms with E-state index in [2.05, 4.69) is 26.3 Å². The molecule has 0 aliphatic heterocycles. The number of thiazole rings is 1. The van der Waals surface area contributed by atoms with Crippen molar-refractivity contribution in [3.63, 3.8) is 0 Å². The zero-order chi connectivity index (χ0) is 13.9. The minimum atomic E-state index is -0.0110. The molecule has 0 aliphatic rings. The van der Waals surface area contributed by atoms with Gasteiger partial charge in [0.05, 0.1) is 5.52 Å². The number of H-pyrrole nitrogens is 1. The maximum absolute atomic E-state index is 11.1. The minimum Gasteiger partial charge on any atom is -0.369 e. The first-order chi connectivity index (χ1) is 9.72. The molecule has 0 bridgehead atoms. The Labute approximate surface area is 119 Å². The highest BCUT2D eigenvalue weighted by molar-refractivity contribution is 7.07. The number of nitrogens with one attached hydrogen (secondary N) is 2. The molecular weight excluding hydrogens is 272 g/mol. The van der Waals surface area contributed by atoms with Crippen LogP contribution in [0.3, 0.4) is 0 Å². The summed E-state index contributed by atoms with van der Waals surface area (Å²) in [7, 11) is 0. The molecule has 2 aromatic heterocycles. The smallest absolute Gasteiger partial charge is 0.304 e. The Morgan fingerprint density at radius 1 is 1.35 bits per heavy atom. The van der Waals surface area contributed by atoms with Crippen LogP contribution in [0.2, 0.25) is 0 Å². The number of hydrogen-bond donors (Lipinski definition) is 2. The van der Waals surface area contributed by atoms with Crippen molar-refractivity contribution in [2.75, 3.05) is 11.9 Å². The Hall–Kier alpha value is -2.21. The van der Waals surface area contributed by atoms with E-state index in [1.54, 1.807) is 6.33 Å². The third-order valence-electron chi connectivity index (χ3n) is 3.05. The number of aryl methyl sites for hydroxylation is 1. The van der Waals surface area contributed by atoms with Crippen LogP contribution in [0.5, 0.6) is 0 Å². The quantitative estimate of drug-likeness (QED) is 0.772. The van der Waals surface area contributed by atoms with Gasteiger partial charge in [-0.1, -0.05) is 23.0 Å². The molecule has 20 heavy (non-hydrogen) atoms. The van der Waals surface area contributed by atoms with Gasteiger partial charge in [-0.25, -0.2) is 9.97 Å². The van der Waals surface area contributed by atoms with E-state index in [0.29, 0.717) is 6.54 Å². The maximum Gasteiger partial charge on any atom is 0.304 e. The number of nitrogens with zero attached hydrogens (tertiary/aromatic N) is 2. The van der Waals surface area contributed by atoms with E-state index in [9.17, 15) is 4.79 Å². The lowest BCUT2D eigenvalue weighted by atomic mass is 10.1. The van der Waals surface area contributed by atoms with Crippen molar-refractivity contribution in [2.45, 2.75) is 13.3 Å². The monoisotopic (exact) mass is 286 g/mol. The van der Waals surface area contributed by atoms with E-state index in [1.807, 2.05) is 24.4 Å². The second-order valence-electron chi connectivity index (χ2n) is 4.59. The average Bonchev–Trinajstić information content (AvgIpc) is 2.85. The highest BCUT2D eigenvalue weighted by atomic mass is 32.1. The fourth-order valence-corrected chi connectivity index (χ4v) is 2.68. The summed E-state index contributed by atoms with van der Waals surface area (Å²) >= 11 is 1.19. The van der Waals surface area contributed by atoms with Crippen molar-refractivity contribution in [1.29, 1.82) is 0 Å². The van der Waals surface area contributed by atoms with Crippen LogP contribution < -0.4 is 10.2 Å². The van der Waals surface area contributed by atoms with Crippen LogP contribution in [0, 0.1) is 6.92 Å². The molecular formula is C14H14N4OS. The molecule has 102 valence electrons. The van der Waals surface area contributed by atoms with Crippen molar-refractivity contribution < 1.29 is 0 Å². The lowest BCUT2D eigenvalue weighted by Crippen LogP contribution is -2.08. The fourth-order valence-electron chi connectivity index (χ4n) is 2.06. The molecule has 0 saturated heterocycles. The highest BCUT2D eigenvalue weighted by Gasteiger charge is 2.04. The summed E-state index contributed by atoms with van der Waals surface area (Å²) in [5, 5.41) is 6.18. The van der Waals surface area contributed by atoms with Crippen LogP contribution in [0.4, 0.5) is 5.82 Å². The summed E-state index contributed by atoms with van der Waals surface area (Å²) in [5.41, 5.74) is 3.05. The van der Waals surface area contributed by atoms with Crippen molar-refractivity contribution in [3.8, 4) is 0 Å². The normalized spacial score (nSPS) is 10.8. The van der Waals surface area contributed by atoms with Gasteiger partial charge in [0, 0.05) is 29.4 Å². The van der Waals surface area contributed by atoms with Crippen LogP contribution in [0.25, 0.3) is 10.9 Å². The van der Waals surface area contributed by atoms with E-state index in [0.717, 1.165) is 28.8 Å². The first-order valence-corrected chi connectivity index (χ1v) is 7.22. The molecule has 0 spiro atoms. The molecule has 0 unspecified atom stereocenters. The topological polar surface area (TPSA) is 70.7 Å². The van der Waals surface area contributed by atoms with Crippen LogP contribution >= 0.6 is 11.3 Å². The van der Waals surface area contributed by atoms with Gasteiger partial charge >= 0.3 is 4.87 Å². The SMILES string of the molecule is Cc1ccc2ncnc(NCCc3csc(=O)[nH]3)c2c1. The molecule has 0 atom stereocenters. The average molecular weight is 286 g/mol. The molecule has 0 amide bonds. The van der Waals surface area contributed by atoms with Crippen molar-refractivity contribution in [2.24, 2.45) is 0 Å². The second kappa shape index (κ2) is 5.42. The van der Waals surface area contributed by atoms with E-state index in [4.69, 9.17) is 0 Å². The Morgan fingerprint density at radius 3 is 3.05 bits per heavy atom. The number of benzene rings is 1. The molecule has 0 saturated carbocycles. The van der Waals surface area contributed by atoms with Crippen LogP contribution in [-0.4, -0.2) is 21.5 Å². The molecule has 6 heteroatoms. The Bertz CT molecular complexity index is 793. The number of aromatic nitrogens is 3. The third-order valence-corrected chi connectivity index (χ3v) is 3.77. The summed E-state index contributed by atoms with van der Waals surface area (Å²) in [6.45, 7) is 2.76. The molecule has 3 aromatic rings. The van der Waals surface area contributed by atoms with Gasteiger partial charge in [0.1, 0.15) is 12.1 Å². The highest BCUT2D eigenvalue weighted by Crippen LogP contribution is 2.20. The number of anilines is 1. The van der Waals surface area contributed by atoms with E-state index >= 15 is 0 Å². The first-order valence-electron chi connectivity index (χ1n) is 6.34. The summed E-state index contributed by atoms with van der Waals surface area (Å²) in [5.74, 6) is 0.830. The molecule has 2 N–H and O–H groups in total. The number of rotatable bonds is 4. The molecule has 0 radical (unpaired) electrons. The predicted octanol–water partition coefficient (Wildman–Crippen LogP) is 2.34. The molecule has 2 heterocycles. The predicted molar refractivity (Wildman–Crippen MR) is 81.4 cm³/mol. The zero-order valence-corrected chi connectivity index (χ0v) is 11.8. The maximum atomic E-state index is 11.1. The van der Waals surface area contributed by atoms with E-state index < -0.39 is 0 Å². The molecule has 3 rings (SSSR count). The van der Waals surface area contributed by atoms with Gasteiger partial charge in [-0.2, -0.15) is 0 Å². The van der Waals surface area contributed by atoms with Gasteiger partial charge in [-0.15, -0.1) is 0 Å². The fraction of sp³-hybridized carbons (Fsp3) is 0.214. The van der Waals surface area contributed by atoms with Gasteiger partial charge in [-0.05, 0) is 19.1 Å². The zero-order valence-electron chi connectivity index (χ0n) is 11.0. The lowest BCUT2D eigenvalue weighted by molar-refractivity contribution is 0.962. The Morgan fingerprint density at radius 2 is 2.25 bits per heavy atom. The van der Waals surface area contributed by atoms with Crippen LogP contribution in [0.1, 0.15) is 11.3 Å². The number of aromatic amines is 1. The van der Waals surface area contributed by atoms with Crippen molar-refractivity contribution >= 4 is 28.1 Å². The van der Waals surface area contributed by atoms with Crippen LogP contribution in [0.15, 0.2) is 34.7 Å². The lowest BCUT2D eigenvalue weighted by Gasteiger charge is -2.08. The second-order valence-corrected chi connectivity index (χ2v) is 5.44. The van der Waals surface area contributed by atoms with Gasteiger partial charge in [-0.3, -0.25) is 4.79 Å². The summed E-state index contributed by atoms with van der Waals surface area (Å²) in [6.07, 6.45) is 2.32. The number of hydrogen-bond acceptors (Lipinski definition) is 5. The third kappa shape index (κ3) is 2.70. The van der Waals surface area contributed by atoms with Gasteiger partial charge in [0.2, 0.25) is 0 Å². The number of fused-ring (bicyclic) bond motifs is 1. The standard InChI is InChI=1S/C14H14N4OS/c1-9-2-3-12-11(6-9)13(17-8-16-12)15-5-4-10-7-20-14(19)18-10/h2-3,6-8H,4-5H2,1H3,(H,18,19)(H,15,16,17). The first kappa shape index (κ1) is 12.8. The van der Waals surface area contributed by atoms with Gasteiger partial charge in [0.25, 0.3) is 0 Å². The van der Waals surface area contributed by atoms with Gasteiger partial charge in [0.15, 0.2) is 0 Å². The summed E-state index contributed by atoms with van der Waals surface area (Å²) in [4.78, 5) is 22.4. The van der Waals surface area contributed by atoms with E-state index in [-0.39, 0.29) is 4.87 Å². The summed E-state index contributed by atoms with van der Waals surface area (Å²) in [6, 6.07) is 6.10. The molecule has 0 fully saturated rings. The molecule has 0 aliphatic carbocycles. The van der Waals surface area contributed by atoms with Crippen molar-refractivity contribution in [3.05, 3.63) is 50.8 Å². The van der Waals surface area contributed by atoms with Crippen LogP contribution in [-0.2, 0) is 6.42 Å².